The van der Waals surface area contributed by atoms with E-state index in [2.05, 4.69) is 4.98 Å². The second-order valence-electron chi connectivity index (χ2n) is 7.55. The van der Waals surface area contributed by atoms with Crippen molar-refractivity contribution in [2.45, 2.75) is 73.4 Å². The molecule has 1 saturated carbocycles. The van der Waals surface area contributed by atoms with Crippen molar-refractivity contribution < 1.29 is 4.74 Å². The normalized spacial score (nSPS) is 22.7. The van der Waals surface area contributed by atoms with Crippen LogP contribution in [0.1, 0.15) is 50.4 Å². The third kappa shape index (κ3) is 5.15. The van der Waals surface area contributed by atoms with Crippen molar-refractivity contribution in [2.75, 3.05) is 0 Å². The number of rotatable bonds is 7. The predicted molar refractivity (Wildman–Crippen MR) is 116 cm³/mol. The standard InChI is InChI=1S/C20H27Cl2N3O2S/c1-13(2)25-19(28-17-9-15(21)8-16(22)10-17)18(24(3)20(25)26)12-27-11-14-4-6-23-7-5-14/h4-7,13,15-17H,8-12H2,1-3H3/t15-,16?,17?/m0/s1. The third-order valence-corrected chi connectivity index (χ3v) is 7.05. The van der Waals surface area contributed by atoms with E-state index in [1.165, 1.54) is 0 Å². The van der Waals surface area contributed by atoms with Gasteiger partial charge in [0.05, 0.1) is 18.9 Å². The summed E-state index contributed by atoms with van der Waals surface area (Å²) < 4.78 is 9.50. The lowest BCUT2D eigenvalue weighted by atomic mass is 9.99. The number of hydrogen-bond acceptors (Lipinski definition) is 4. The maximum atomic E-state index is 12.9. The van der Waals surface area contributed by atoms with Gasteiger partial charge in [-0.2, -0.15) is 0 Å². The van der Waals surface area contributed by atoms with Gasteiger partial charge in [-0.3, -0.25) is 14.1 Å². The van der Waals surface area contributed by atoms with Gasteiger partial charge in [0, 0.05) is 41.5 Å². The van der Waals surface area contributed by atoms with Gasteiger partial charge in [-0.25, -0.2) is 4.79 Å². The van der Waals surface area contributed by atoms with Gasteiger partial charge in [0.15, 0.2) is 0 Å². The zero-order chi connectivity index (χ0) is 20.3. The Morgan fingerprint density at radius 2 is 1.82 bits per heavy atom. The van der Waals surface area contributed by atoms with Crippen molar-refractivity contribution in [2.24, 2.45) is 7.05 Å². The summed E-state index contributed by atoms with van der Waals surface area (Å²) in [5.74, 6) is 0. The minimum atomic E-state index is -0.0133. The molecule has 0 aliphatic heterocycles. The lowest BCUT2D eigenvalue weighted by molar-refractivity contribution is 0.101. The molecule has 1 aliphatic rings. The Kier molecular flexibility index (Phi) is 7.54. The van der Waals surface area contributed by atoms with Gasteiger partial charge in [-0.05, 0) is 50.8 Å². The van der Waals surface area contributed by atoms with Crippen LogP contribution >= 0.6 is 35.0 Å². The molecule has 3 atom stereocenters. The topological polar surface area (TPSA) is 49.0 Å². The number of halogens is 2. The third-order valence-electron chi connectivity index (χ3n) is 4.96. The average molecular weight is 444 g/mol. The highest BCUT2D eigenvalue weighted by Crippen LogP contribution is 2.39. The van der Waals surface area contributed by atoms with Crippen LogP contribution in [0.5, 0.6) is 0 Å². The highest BCUT2D eigenvalue weighted by atomic mass is 35.5. The zero-order valence-electron chi connectivity index (χ0n) is 16.5. The molecule has 2 unspecified atom stereocenters. The summed E-state index contributed by atoms with van der Waals surface area (Å²) in [6.07, 6.45) is 6.13. The molecule has 154 valence electrons. The first-order valence-electron chi connectivity index (χ1n) is 9.58. The van der Waals surface area contributed by atoms with E-state index in [0.717, 1.165) is 35.5 Å². The molecule has 0 radical (unpaired) electrons. The fraction of sp³-hybridized carbons (Fsp3) is 0.600. The van der Waals surface area contributed by atoms with E-state index in [1.54, 1.807) is 28.7 Å². The highest BCUT2D eigenvalue weighted by Gasteiger charge is 2.30. The molecule has 8 heteroatoms. The Hall–Kier alpha value is -0.950. The summed E-state index contributed by atoms with van der Waals surface area (Å²) in [7, 11) is 1.81. The fourth-order valence-electron chi connectivity index (χ4n) is 3.52. The average Bonchev–Trinajstić information content (AvgIpc) is 2.86. The van der Waals surface area contributed by atoms with Crippen molar-refractivity contribution in [1.29, 1.82) is 0 Å². The molecular weight excluding hydrogens is 417 g/mol. The van der Waals surface area contributed by atoms with Crippen molar-refractivity contribution in [1.82, 2.24) is 14.1 Å². The van der Waals surface area contributed by atoms with Gasteiger partial charge in [0.1, 0.15) is 5.03 Å². The van der Waals surface area contributed by atoms with Gasteiger partial charge in [-0.15, -0.1) is 35.0 Å². The molecule has 2 heterocycles. The van der Waals surface area contributed by atoms with Crippen molar-refractivity contribution in [3.63, 3.8) is 0 Å². The molecule has 28 heavy (non-hydrogen) atoms. The maximum Gasteiger partial charge on any atom is 0.329 e. The number of pyridine rings is 1. The smallest absolute Gasteiger partial charge is 0.329 e. The van der Waals surface area contributed by atoms with Crippen LogP contribution in [0.3, 0.4) is 0 Å². The molecule has 1 aliphatic carbocycles. The number of aromatic nitrogens is 3. The van der Waals surface area contributed by atoms with Gasteiger partial charge in [-0.1, -0.05) is 0 Å². The van der Waals surface area contributed by atoms with Crippen LogP contribution in [0.25, 0.3) is 0 Å². The minimum Gasteiger partial charge on any atom is -0.370 e. The quantitative estimate of drug-likeness (QED) is 0.579. The van der Waals surface area contributed by atoms with Crippen LogP contribution in [-0.2, 0) is 25.0 Å². The number of hydrogen-bond donors (Lipinski definition) is 0. The van der Waals surface area contributed by atoms with Gasteiger partial charge in [0.2, 0.25) is 0 Å². The Morgan fingerprint density at radius 3 is 2.43 bits per heavy atom. The van der Waals surface area contributed by atoms with Crippen molar-refractivity contribution in [3.05, 3.63) is 46.3 Å². The summed E-state index contributed by atoms with van der Waals surface area (Å²) in [6.45, 7) is 4.91. The lowest BCUT2D eigenvalue weighted by Crippen LogP contribution is -2.27. The monoisotopic (exact) mass is 443 g/mol. The molecule has 0 N–H and O–H groups in total. The Morgan fingerprint density at radius 1 is 1.18 bits per heavy atom. The molecule has 0 aromatic carbocycles. The first-order chi connectivity index (χ1) is 13.4. The molecule has 5 nitrogen and oxygen atoms in total. The van der Waals surface area contributed by atoms with Crippen molar-refractivity contribution >= 4 is 35.0 Å². The van der Waals surface area contributed by atoms with E-state index in [1.807, 2.05) is 37.6 Å². The van der Waals surface area contributed by atoms with E-state index < -0.39 is 0 Å². The molecule has 0 spiro atoms. The zero-order valence-corrected chi connectivity index (χ0v) is 18.8. The Labute approximate surface area is 180 Å². The van der Waals surface area contributed by atoms with Crippen LogP contribution < -0.4 is 5.69 Å². The minimum absolute atomic E-state index is 0.0133. The van der Waals surface area contributed by atoms with Crippen molar-refractivity contribution in [3.8, 4) is 0 Å². The molecule has 0 bridgehead atoms. The van der Waals surface area contributed by atoms with Crippen LogP contribution in [0.15, 0.2) is 34.3 Å². The highest BCUT2D eigenvalue weighted by molar-refractivity contribution is 7.99. The van der Waals surface area contributed by atoms with Crippen LogP contribution in [0.2, 0.25) is 0 Å². The molecule has 2 aromatic heterocycles. The SMILES string of the molecule is CC(C)n1c(SC2CC(Cl)C[C@H](Cl)C2)c(COCc2ccncc2)n(C)c1=O. The number of nitrogens with zero attached hydrogens (tertiary/aromatic N) is 3. The second kappa shape index (κ2) is 9.70. The molecule has 1 fully saturated rings. The summed E-state index contributed by atoms with van der Waals surface area (Å²) >= 11 is 14.5. The summed E-state index contributed by atoms with van der Waals surface area (Å²) in [6, 6.07) is 3.92. The van der Waals surface area contributed by atoms with E-state index in [-0.39, 0.29) is 22.5 Å². The molecule has 2 aromatic rings. The summed E-state index contributed by atoms with van der Waals surface area (Å²) in [5.41, 5.74) is 1.95. The van der Waals surface area contributed by atoms with E-state index in [4.69, 9.17) is 27.9 Å². The van der Waals surface area contributed by atoms with E-state index in [0.29, 0.717) is 18.5 Å². The number of alkyl halides is 2. The first-order valence-corrected chi connectivity index (χ1v) is 11.3. The number of ether oxygens (including phenoxy) is 1. The van der Waals surface area contributed by atoms with E-state index in [9.17, 15) is 4.79 Å². The van der Waals surface area contributed by atoms with Gasteiger partial charge in [0.25, 0.3) is 0 Å². The molecule has 0 amide bonds. The van der Waals surface area contributed by atoms with Gasteiger partial charge >= 0.3 is 5.69 Å². The summed E-state index contributed by atoms with van der Waals surface area (Å²) in [4.78, 5) is 16.9. The van der Waals surface area contributed by atoms with Gasteiger partial charge < -0.3 is 4.74 Å². The molecule has 0 saturated heterocycles. The first kappa shape index (κ1) is 21.8. The fourth-order valence-corrected chi connectivity index (χ4v) is 6.39. The van der Waals surface area contributed by atoms with Crippen LogP contribution in [0, 0.1) is 0 Å². The number of imidazole rings is 1. The van der Waals surface area contributed by atoms with Crippen LogP contribution in [0.4, 0.5) is 0 Å². The van der Waals surface area contributed by atoms with E-state index >= 15 is 0 Å². The second-order valence-corrected chi connectivity index (χ2v) is 10.1. The largest absolute Gasteiger partial charge is 0.370 e. The lowest BCUT2D eigenvalue weighted by Gasteiger charge is -2.29. The number of thioether (sulfide) groups is 1. The predicted octanol–water partition coefficient (Wildman–Crippen LogP) is 4.74. The summed E-state index contributed by atoms with van der Waals surface area (Å²) in [5, 5.41) is 1.44. The molecule has 3 rings (SSSR count). The Bertz CT molecular complexity index is 828. The van der Waals surface area contributed by atoms with Crippen LogP contribution in [-0.4, -0.2) is 30.1 Å². The molecular formula is C20H27Cl2N3O2S. The Balaban J connectivity index is 1.82. The maximum absolute atomic E-state index is 12.9.